The summed E-state index contributed by atoms with van der Waals surface area (Å²) >= 11 is 6.40. The van der Waals surface area contributed by atoms with Crippen molar-refractivity contribution in [2.75, 3.05) is 11.9 Å². The SMILES string of the molecule is CCOc1cc(/C=C(\C#N)C(=O)Nc2cccc([N+](=O)[O-])c2)cc(Cl)c1OCc1ccc(F)cc1. The van der Waals surface area contributed by atoms with E-state index in [4.69, 9.17) is 21.1 Å². The van der Waals surface area contributed by atoms with Gasteiger partial charge in [-0.1, -0.05) is 29.8 Å². The first-order valence-corrected chi connectivity index (χ1v) is 10.7. The standard InChI is InChI=1S/C25H19ClFN3O5/c1-2-34-23-12-17(11-22(26)24(23)35-15-16-6-8-19(27)9-7-16)10-18(14-28)25(31)29-20-4-3-5-21(13-20)30(32)33/h3-13H,2,15H2,1H3,(H,29,31)/b18-10+. The number of amides is 1. The Balaban J connectivity index is 1.84. The van der Waals surface area contributed by atoms with Gasteiger partial charge in [-0.3, -0.25) is 14.9 Å². The fraction of sp³-hybridized carbons (Fsp3) is 0.120. The minimum absolute atomic E-state index is 0.115. The summed E-state index contributed by atoms with van der Waals surface area (Å²) in [5.74, 6) is -0.557. The van der Waals surface area contributed by atoms with Crippen LogP contribution in [0, 0.1) is 27.3 Å². The number of carbonyl (C=O) groups excluding carboxylic acids is 1. The van der Waals surface area contributed by atoms with Crippen molar-refractivity contribution in [3.8, 4) is 17.6 Å². The number of carbonyl (C=O) groups is 1. The number of nitrogens with zero attached hydrogens (tertiary/aromatic N) is 2. The lowest BCUT2D eigenvalue weighted by atomic mass is 10.1. The van der Waals surface area contributed by atoms with Crippen LogP contribution in [0.3, 0.4) is 0 Å². The minimum Gasteiger partial charge on any atom is -0.490 e. The Morgan fingerprint density at radius 2 is 1.94 bits per heavy atom. The molecule has 0 fully saturated rings. The molecule has 178 valence electrons. The van der Waals surface area contributed by atoms with Crippen LogP contribution in [-0.4, -0.2) is 17.4 Å². The van der Waals surface area contributed by atoms with Crippen LogP contribution in [0.5, 0.6) is 11.5 Å². The minimum atomic E-state index is -0.751. The van der Waals surface area contributed by atoms with Gasteiger partial charge in [0.15, 0.2) is 11.5 Å². The molecule has 0 bridgehead atoms. The summed E-state index contributed by atoms with van der Waals surface area (Å²) in [5.41, 5.74) is 0.837. The zero-order valence-electron chi connectivity index (χ0n) is 18.5. The van der Waals surface area contributed by atoms with E-state index in [1.807, 2.05) is 6.07 Å². The molecule has 35 heavy (non-hydrogen) atoms. The van der Waals surface area contributed by atoms with Crippen molar-refractivity contribution >= 4 is 35.0 Å². The van der Waals surface area contributed by atoms with Crippen LogP contribution in [0.4, 0.5) is 15.8 Å². The molecule has 0 aliphatic carbocycles. The van der Waals surface area contributed by atoms with Crippen LogP contribution in [0.2, 0.25) is 5.02 Å². The Bertz CT molecular complexity index is 1320. The van der Waals surface area contributed by atoms with Gasteiger partial charge in [-0.25, -0.2) is 4.39 Å². The van der Waals surface area contributed by atoms with Gasteiger partial charge in [0.2, 0.25) is 0 Å². The van der Waals surface area contributed by atoms with Crippen molar-refractivity contribution in [1.82, 2.24) is 0 Å². The molecule has 0 saturated heterocycles. The molecule has 0 unspecified atom stereocenters. The number of nitro benzene ring substituents is 1. The van der Waals surface area contributed by atoms with Crippen LogP contribution < -0.4 is 14.8 Å². The zero-order valence-corrected chi connectivity index (χ0v) is 19.2. The first-order valence-electron chi connectivity index (χ1n) is 10.3. The van der Waals surface area contributed by atoms with Crippen LogP contribution in [0.1, 0.15) is 18.1 Å². The molecular formula is C25H19ClFN3O5. The Morgan fingerprint density at radius 1 is 1.20 bits per heavy atom. The number of hydrogen-bond donors (Lipinski definition) is 1. The van der Waals surface area contributed by atoms with E-state index in [-0.39, 0.29) is 40.1 Å². The fourth-order valence-electron chi connectivity index (χ4n) is 3.02. The molecular weight excluding hydrogens is 477 g/mol. The summed E-state index contributed by atoms with van der Waals surface area (Å²) in [7, 11) is 0. The summed E-state index contributed by atoms with van der Waals surface area (Å²) < 4.78 is 24.5. The lowest BCUT2D eigenvalue weighted by Crippen LogP contribution is -2.13. The maximum atomic E-state index is 13.1. The van der Waals surface area contributed by atoms with Crippen LogP contribution in [-0.2, 0) is 11.4 Å². The molecule has 0 radical (unpaired) electrons. The Hall–Kier alpha value is -4.42. The normalized spacial score (nSPS) is 10.9. The summed E-state index contributed by atoms with van der Waals surface area (Å²) in [6.45, 7) is 2.19. The molecule has 0 aliphatic rings. The third-order valence-corrected chi connectivity index (χ3v) is 4.90. The van der Waals surface area contributed by atoms with Crippen LogP contribution >= 0.6 is 11.6 Å². The quantitative estimate of drug-likeness (QED) is 0.171. The van der Waals surface area contributed by atoms with Gasteiger partial charge in [0.05, 0.1) is 16.6 Å². The Morgan fingerprint density at radius 3 is 2.60 bits per heavy atom. The smallest absolute Gasteiger partial charge is 0.271 e. The third-order valence-electron chi connectivity index (χ3n) is 4.62. The maximum Gasteiger partial charge on any atom is 0.271 e. The Labute approximate surface area is 205 Å². The van der Waals surface area contributed by atoms with Crippen molar-refractivity contribution in [2.24, 2.45) is 0 Å². The highest BCUT2D eigenvalue weighted by molar-refractivity contribution is 6.32. The molecule has 10 heteroatoms. The molecule has 0 spiro atoms. The molecule has 3 rings (SSSR count). The number of anilines is 1. The number of nitro groups is 1. The second kappa shape index (κ2) is 11.6. The van der Waals surface area contributed by atoms with E-state index in [9.17, 15) is 24.6 Å². The number of hydrogen-bond acceptors (Lipinski definition) is 6. The summed E-state index contributed by atoms with van der Waals surface area (Å²) in [6, 6.07) is 16.0. The average Bonchev–Trinajstić information content (AvgIpc) is 2.83. The third kappa shape index (κ3) is 6.79. The highest BCUT2D eigenvalue weighted by atomic mass is 35.5. The molecule has 3 aromatic rings. The molecule has 0 aromatic heterocycles. The fourth-order valence-corrected chi connectivity index (χ4v) is 3.30. The molecule has 3 aromatic carbocycles. The van der Waals surface area contributed by atoms with E-state index in [1.165, 1.54) is 48.5 Å². The van der Waals surface area contributed by atoms with E-state index in [0.717, 1.165) is 5.56 Å². The van der Waals surface area contributed by atoms with Crippen molar-refractivity contribution in [1.29, 1.82) is 5.26 Å². The van der Waals surface area contributed by atoms with Gasteiger partial charge in [0.1, 0.15) is 24.1 Å². The largest absolute Gasteiger partial charge is 0.490 e. The number of benzene rings is 3. The van der Waals surface area contributed by atoms with E-state index in [2.05, 4.69) is 5.32 Å². The molecule has 0 heterocycles. The maximum absolute atomic E-state index is 13.1. The van der Waals surface area contributed by atoms with Crippen molar-refractivity contribution < 1.29 is 23.6 Å². The highest BCUT2D eigenvalue weighted by Gasteiger charge is 2.16. The van der Waals surface area contributed by atoms with E-state index in [1.54, 1.807) is 25.1 Å². The first-order chi connectivity index (χ1) is 16.8. The van der Waals surface area contributed by atoms with Crippen molar-refractivity contribution in [2.45, 2.75) is 13.5 Å². The second-order valence-electron chi connectivity index (χ2n) is 7.11. The molecule has 8 nitrogen and oxygen atoms in total. The predicted molar refractivity (Wildman–Crippen MR) is 129 cm³/mol. The van der Waals surface area contributed by atoms with E-state index >= 15 is 0 Å². The molecule has 1 N–H and O–H groups in total. The number of nitrogens with one attached hydrogen (secondary N) is 1. The van der Waals surface area contributed by atoms with E-state index < -0.39 is 10.8 Å². The Kier molecular flexibility index (Phi) is 8.38. The molecule has 0 saturated carbocycles. The van der Waals surface area contributed by atoms with Crippen molar-refractivity contribution in [3.63, 3.8) is 0 Å². The average molecular weight is 496 g/mol. The highest BCUT2D eigenvalue weighted by Crippen LogP contribution is 2.38. The van der Waals surface area contributed by atoms with Crippen LogP contribution in [0.15, 0.2) is 66.2 Å². The number of rotatable bonds is 9. The van der Waals surface area contributed by atoms with Crippen LogP contribution in [0.25, 0.3) is 6.08 Å². The zero-order chi connectivity index (χ0) is 25.4. The first kappa shape index (κ1) is 25.2. The summed E-state index contributed by atoms with van der Waals surface area (Å²) in [5, 5.41) is 23.1. The van der Waals surface area contributed by atoms with Gasteiger partial charge >= 0.3 is 0 Å². The van der Waals surface area contributed by atoms with Gasteiger partial charge in [-0.05, 0) is 54.5 Å². The molecule has 1 amide bonds. The predicted octanol–water partition coefficient (Wildman–Crippen LogP) is 5.91. The lowest BCUT2D eigenvalue weighted by Gasteiger charge is -2.15. The van der Waals surface area contributed by atoms with Gasteiger partial charge in [-0.2, -0.15) is 5.26 Å². The monoisotopic (exact) mass is 495 g/mol. The van der Waals surface area contributed by atoms with Crippen molar-refractivity contribution in [3.05, 3.63) is 98.3 Å². The number of non-ortho nitro benzene ring substituents is 1. The van der Waals surface area contributed by atoms with Gasteiger partial charge in [0.25, 0.3) is 11.6 Å². The van der Waals surface area contributed by atoms with Gasteiger partial charge in [0, 0.05) is 17.8 Å². The van der Waals surface area contributed by atoms with E-state index in [0.29, 0.717) is 17.9 Å². The number of nitriles is 1. The molecule has 0 aliphatic heterocycles. The summed E-state index contributed by atoms with van der Waals surface area (Å²) in [4.78, 5) is 22.9. The number of halogens is 2. The second-order valence-corrected chi connectivity index (χ2v) is 7.52. The van der Waals surface area contributed by atoms with Gasteiger partial charge < -0.3 is 14.8 Å². The van der Waals surface area contributed by atoms with Gasteiger partial charge in [-0.15, -0.1) is 0 Å². The number of ether oxygens (including phenoxy) is 2. The molecule has 0 atom stereocenters. The summed E-state index contributed by atoms with van der Waals surface area (Å²) in [6.07, 6.45) is 1.31. The topological polar surface area (TPSA) is 114 Å². The lowest BCUT2D eigenvalue weighted by molar-refractivity contribution is -0.384.